The Balaban J connectivity index is 1.97. The molecule has 2 atom stereocenters. The van der Waals surface area contributed by atoms with Gasteiger partial charge < -0.3 is 5.32 Å². The van der Waals surface area contributed by atoms with Gasteiger partial charge in [-0.1, -0.05) is 37.3 Å². The number of rotatable bonds is 6. The van der Waals surface area contributed by atoms with Crippen LogP contribution >= 0.6 is 0 Å². The third-order valence-corrected chi connectivity index (χ3v) is 6.31. The van der Waals surface area contributed by atoms with Gasteiger partial charge in [0.1, 0.15) is 0 Å². The van der Waals surface area contributed by atoms with E-state index in [9.17, 15) is 13.2 Å². The van der Waals surface area contributed by atoms with E-state index in [4.69, 9.17) is 0 Å². The summed E-state index contributed by atoms with van der Waals surface area (Å²) in [5.74, 6) is -0.166. The molecule has 1 heterocycles. The van der Waals surface area contributed by atoms with Crippen LogP contribution in [0.25, 0.3) is 0 Å². The van der Waals surface area contributed by atoms with Gasteiger partial charge in [-0.2, -0.15) is 0 Å². The Labute approximate surface area is 139 Å². The van der Waals surface area contributed by atoms with E-state index in [0.29, 0.717) is 19.5 Å². The fraction of sp³-hybridized carbons (Fsp3) is 0.588. The molecule has 6 heteroatoms. The first-order valence-electron chi connectivity index (χ1n) is 8.27. The molecule has 1 aromatic rings. The van der Waals surface area contributed by atoms with Crippen molar-refractivity contribution in [3.63, 3.8) is 0 Å². The molecule has 0 aromatic heterocycles. The topological polar surface area (TPSA) is 66.5 Å². The van der Waals surface area contributed by atoms with Gasteiger partial charge in [-0.3, -0.25) is 4.79 Å². The van der Waals surface area contributed by atoms with Gasteiger partial charge in [-0.25, -0.2) is 12.7 Å². The van der Waals surface area contributed by atoms with Crippen LogP contribution in [0.3, 0.4) is 0 Å². The molecule has 0 unspecified atom stereocenters. The summed E-state index contributed by atoms with van der Waals surface area (Å²) in [7, 11) is -3.23. The highest BCUT2D eigenvalue weighted by Crippen LogP contribution is 2.21. The summed E-state index contributed by atoms with van der Waals surface area (Å²) in [5.41, 5.74) is 1.05. The van der Waals surface area contributed by atoms with Gasteiger partial charge in [0.2, 0.25) is 15.9 Å². The monoisotopic (exact) mass is 338 g/mol. The number of carbonyl (C=O) groups excluding carboxylic acids is 1. The first kappa shape index (κ1) is 17.9. The zero-order valence-corrected chi connectivity index (χ0v) is 14.7. The van der Waals surface area contributed by atoms with Crippen molar-refractivity contribution in [2.24, 2.45) is 5.92 Å². The van der Waals surface area contributed by atoms with Crippen molar-refractivity contribution in [1.82, 2.24) is 9.62 Å². The van der Waals surface area contributed by atoms with Crippen LogP contribution < -0.4 is 5.32 Å². The normalized spacial score (nSPS) is 20.9. The number of sulfonamides is 1. The number of nitrogens with zero attached hydrogens (tertiary/aromatic N) is 1. The molecule has 0 radical (unpaired) electrons. The molecule has 5 nitrogen and oxygen atoms in total. The van der Waals surface area contributed by atoms with Crippen LogP contribution in [-0.2, 0) is 14.8 Å². The lowest BCUT2D eigenvalue weighted by Gasteiger charge is -2.31. The van der Waals surface area contributed by atoms with Crippen molar-refractivity contribution in [1.29, 1.82) is 0 Å². The van der Waals surface area contributed by atoms with Crippen molar-refractivity contribution in [3.05, 3.63) is 35.9 Å². The number of carbonyl (C=O) groups is 1. The number of piperidine rings is 1. The molecule has 0 aliphatic carbocycles. The van der Waals surface area contributed by atoms with Gasteiger partial charge in [-0.15, -0.1) is 0 Å². The molecule has 2 rings (SSSR count). The van der Waals surface area contributed by atoms with Crippen molar-refractivity contribution >= 4 is 15.9 Å². The lowest BCUT2D eigenvalue weighted by molar-refractivity contribution is -0.126. The zero-order chi connectivity index (χ0) is 16.9. The van der Waals surface area contributed by atoms with Crippen LogP contribution in [0.2, 0.25) is 0 Å². The molecule has 1 N–H and O–H groups in total. The third kappa shape index (κ3) is 4.78. The summed E-state index contributed by atoms with van der Waals surface area (Å²) in [6.07, 6.45) is 2.08. The second kappa shape index (κ2) is 7.93. The predicted molar refractivity (Wildman–Crippen MR) is 91.4 cm³/mol. The summed E-state index contributed by atoms with van der Waals surface area (Å²) >= 11 is 0. The first-order valence-corrected chi connectivity index (χ1v) is 9.88. The molecular weight excluding hydrogens is 312 g/mol. The Kier molecular flexibility index (Phi) is 6.18. The summed E-state index contributed by atoms with van der Waals surface area (Å²) in [6.45, 7) is 4.63. The highest BCUT2D eigenvalue weighted by Gasteiger charge is 2.32. The second-order valence-corrected chi connectivity index (χ2v) is 8.24. The van der Waals surface area contributed by atoms with Crippen LogP contribution in [0, 0.1) is 5.92 Å². The highest BCUT2D eigenvalue weighted by atomic mass is 32.2. The minimum absolute atomic E-state index is 0.0576. The van der Waals surface area contributed by atoms with Crippen LogP contribution in [0.5, 0.6) is 0 Å². The van der Waals surface area contributed by atoms with E-state index in [-0.39, 0.29) is 23.6 Å². The average molecular weight is 338 g/mol. The molecule has 1 aliphatic heterocycles. The van der Waals surface area contributed by atoms with Crippen LogP contribution in [0.1, 0.15) is 44.7 Å². The number of hydrogen-bond donors (Lipinski definition) is 1. The SMILES string of the molecule is CCCS(=O)(=O)N1CCC[C@H](C(=O)N[C@@H](C)c2ccccc2)C1. The molecule has 1 saturated heterocycles. The molecule has 1 aromatic carbocycles. The lowest BCUT2D eigenvalue weighted by Crippen LogP contribution is -2.46. The molecule has 1 aliphatic rings. The summed E-state index contributed by atoms with van der Waals surface area (Å²) < 4.78 is 25.9. The van der Waals surface area contributed by atoms with Crippen molar-refractivity contribution in [2.75, 3.05) is 18.8 Å². The van der Waals surface area contributed by atoms with Gasteiger partial charge in [-0.05, 0) is 31.7 Å². The Hall–Kier alpha value is -1.40. The maximum absolute atomic E-state index is 12.5. The van der Waals surface area contributed by atoms with E-state index in [1.165, 1.54) is 4.31 Å². The molecule has 23 heavy (non-hydrogen) atoms. The third-order valence-electron chi connectivity index (χ3n) is 4.27. The number of hydrogen-bond acceptors (Lipinski definition) is 3. The Morgan fingerprint density at radius 1 is 1.35 bits per heavy atom. The predicted octanol–water partition coefficient (Wildman–Crippen LogP) is 2.32. The molecular formula is C17H26N2O3S. The number of benzene rings is 1. The molecule has 1 amide bonds. The minimum Gasteiger partial charge on any atom is -0.349 e. The molecule has 1 fully saturated rings. The Bertz CT molecular complexity index is 616. The first-order chi connectivity index (χ1) is 10.9. The molecule has 0 spiro atoms. The van der Waals surface area contributed by atoms with Gasteiger partial charge in [0.05, 0.1) is 17.7 Å². The fourth-order valence-electron chi connectivity index (χ4n) is 2.95. The summed E-state index contributed by atoms with van der Waals surface area (Å²) in [6, 6.07) is 9.70. The summed E-state index contributed by atoms with van der Waals surface area (Å²) in [4.78, 5) is 12.5. The van der Waals surface area contributed by atoms with Gasteiger partial charge in [0, 0.05) is 13.1 Å². The average Bonchev–Trinajstić information content (AvgIpc) is 2.55. The van der Waals surface area contributed by atoms with E-state index >= 15 is 0 Å². The van der Waals surface area contributed by atoms with E-state index in [1.807, 2.05) is 44.2 Å². The lowest BCUT2D eigenvalue weighted by atomic mass is 9.98. The van der Waals surface area contributed by atoms with Crippen molar-refractivity contribution < 1.29 is 13.2 Å². The van der Waals surface area contributed by atoms with E-state index in [1.54, 1.807) is 0 Å². The fourth-order valence-corrected chi connectivity index (χ4v) is 4.54. The second-order valence-electron chi connectivity index (χ2n) is 6.15. The smallest absolute Gasteiger partial charge is 0.224 e. The maximum atomic E-state index is 12.5. The van der Waals surface area contributed by atoms with Crippen LogP contribution in [0.4, 0.5) is 0 Å². The van der Waals surface area contributed by atoms with Crippen LogP contribution in [0.15, 0.2) is 30.3 Å². The highest BCUT2D eigenvalue weighted by molar-refractivity contribution is 7.89. The van der Waals surface area contributed by atoms with Gasteiger partial charge in [0.25, 0.3) is 0 Å². The Morgan fingerprint density at radius 3 is 2.70 bits per heavy atom. The van der Waals surface area contributed by atoms with Crippen molar-refractivity contribution in [3.8, 4) is 0 Å². The van der Waals surface area contributed by atoms with Crippen molar-refractivity contribution in [2.45, 2.75) is 39.2 Å². The summed E-state index contributed by atoms with van der Waals surface area (Å²) in [5, 5.41) is 3.01. The molecule has 128 valence electrons. The molecule has 0 saturated carbocycles. The van der Waals surface area contributed by atoms with E-state index in [0.717, 1.165) is 18.4 Å². The minimum atomic E-state index is -3.23. The van der Waals surface area contributed by atoms with E-state index in [2.05, 4.69) is 5.32 Å². The standard InChI is InChI=1S/C17H26N2O3S/c1-3-12-23(21,22)19-11-7-10-16(13-19)17(20)18-14(2)15-8-5-4-6-9-15/h4-6,8-9,14,16H,3,7,10-13H2,1-2H3,(H,18,20)/t14-,16-/m0/s1. The number of amides is 1. The maximum Gasteiger partial charge on any atom is 0.224 e. The van der Waals surface area contributed by atoms with E-state index < -0.39 is 10.0 Å². The molecule has 0 bridgehead atoms. The number of nitrogens with one attached hydrogen (secondary N) is 1. The van der Waals surface area contributed by atoms with Gasteiger partial charge >= 0.3 is 0 Å². The quantitative estimate of drug-likeness (QED) is 0.865. The largest absolute Gasteiger partial charge is 0.349 e. The zero-order valence-electron chi connectivity index (χ0n) is 13.9. The van der Waals surface area contributed by atoms with Gasteiger partial charge in [0.15, 0.2) is 0 Å². The Morgan fingerprint density at radius 2 is 2.04 bits per heavy atom. The van der Waals surface area contributed by atoms with Crippen LogP contribution in [-0.4, -0.2) is 37.5 Å².